The van der Waals surface area contributed by atoms with Gasteiger partial charge in [0.25, 0.3) is 0 Å². The standard InChI is InChI=1S/C13H22N4O/c1-10(5-6-14)13(18)16-11-3-2-4-12(11)17-8-7-15-9-17/h7-12H,2-6,14H2,1H3,(H,16,18). The highest BCUT2D eigenvalue weighted by molar-refractivity contribution is 5.78. The summed E-state index contributed by atoms with van der Waals surface area (Å²) in [5.41, 5.74) is 5.49. The molecule has 1 saturated carbocycles. The van der Waals surface area contributed by atoms with Crippen LogP contribution in [0.15, 0.2) is 18.7 Å². The van der Waals surface area contributed by atoms with Gasteiger partial charge in [-0.3, -0.25) is 4.79 Å². The summed E-state index contributed by atoms with van der Waals surface area (Å²) >= 11 is 0. The zero-order valence-electron chi connectivity index (χ0n) is 10.9. The number of aromatic nitrogens is 2. The van der Waals surface area contributed by atoms with Gasteiger partial charge in [-0.25, -0.2) is 4.98 Å². The van der Waals surface area contributed by atoms with E-state index in [1.165, 1.54) is 0 Å². The number of nitrogens with one attached hydrogen (secondary N) is 1. The Balaban J connectivity index is 1.94. The molecular formula is C13H22N4O. The number of carbonyl (C=O) groups excluding carboxylic acids is 1. The van der Waals surface area contributed by atoms with E-state index in [2.05, 4.69) is 14.9 Å². The molecule has 0 spiro atoms. The molecule has 0 aliphatic heterocycles. The molecule has 2 rings (SSSR count). The third-order valence-corrected chi connectivity index (χ3v) is 3.76. The highest BCUT2D eigenvalue weighted by Gasteiger charge is 2.30. The van der Waals surface area contributed by atoms with Crippen molar-refractivity contribution in [3.05, 3.63) is 18.7 Å². The number of imidazole rings is 1. The second-order valence-electron chi connectivity index (χ2n) is 5.10. The van der Waals surface area contributed by atoms with Gasteiger partial charge in [0.15, 0.2) is 0 Å². The summed E-state index contributed by atoms with van der Waals surface area (Å²) in [6.07, 6.45) is 9.63. The number of carbonyl (C=O) groups is 1. The zero-order valence-corrected chi connectivity index (χ0v) is 10.9. The Labute approximate surface area is 108 Å². The molecule has 100 valence electrons. The lowest BCUT2D eigenvalue weighted by molar-refractivity contribution is -0.125. The monoisotopic (exact) mass is 250 g/mol. The predicted molar refractivity (Wildman–Crippen MR) is 69.9 cm³/mol. The van der Waals surface area contributed by atoms with Crippen molar-refractivity contribution in [1.82, 2.24) is 14.9 Å². The molecule has 0 radical (unpaired) electrons. The Bertz CT molecular complexity index is 376. The highest BCUT2D eigenvalue weighted by atomic mass is 16.1. The van der Waals surface area contributed by atoms with E-state index in [4.69, 9.17) is 5.73 Å². The Morgan fingerprint density at radius 1 is 1.61 bits per heavy atom. The summed E-state index contributed by atoms with van der Waals surface area (Å²) in [4.78, 5) is 16.1. The number of hydrogen-bond acceptors (Lipinski definition) is 3. The van der Waals surface area contributed by atoms with Crippen LogP contribution in [0.1, 0.15) is 38.6 Å². The average Bonchev–Trinajstić information content (AvgIpc) is 2.98. The summed E-state index contributed by atoms with van der Waals surface area (Å²) in [6, 6.07) is 0.577. The van der Waals surface area contributed by atoms with Gasteiger partial charge in [0.2, 0.25) is 5.91 Å². The Morgan fingerprint density at radius 3 is 3.11 bits per heavy atom. The summed E-state index contributed by atoms with van der Waals surface area (Å²) in [6.45, 7) is 2.49. The van der Waals surface area contributed by atoms with E-state index in [-0.39, 0.29) is 17.9 Å². The van der Waals surface area contributed by atoms with Crippen LogP contribution in [0.4, 0.5) is 0 Å². The smallest absolute Gasteiger partial charge is 0.223 e. The van der Waals surface area contributed by atoms with Crippen molar-refractivity contribution >= 4 is 5.91 Å². The van der Waals surface area contributed by atoms with E-state index in [1.54, 1.807) is 6.20 Å². The molecule has 1 aliphatic carbocycles. The lowest BCUT2D eigenvalue weighted by Crippen LogP contribution is -2.41. The maximum absolute atomic E-state index is 12.0. The van der Waals surface area contributed by atoms with Crippen molar-refractivity contribution in [2.75, 3.05) is 6.54 Å². The third-order valence-electron chi connectivity index (χ3n) is 3.76. The molecule has 1 fully saturated rings. The van der Waals surface area contributed by atoms with Gasteiger partial charge < -0.3 is 15.6 Å². The minimum absolute atomic E-state index is 0.000891. The van der Waals surface area contributed by atoms with Gasteiger partial charge in [0, 0.05) is 24.4 Å². The van der Waals surface area contributed by atoms with E-state index < -0.39 is 0 Å². The number of hydrogen-bond donors (Lipinski definition) is 2. The van der Waals surface area contributed by atoms with Crippen LogP contribution in [0.5, 0.6) is 0 Å². The maximum Gasteiger partial charge on any atom is 0.223 e. The summed E-state index contributed by atoms with van der Waals surface area (Å²) in [7, 11) is 0. The van der Waals surface area contributed by atoms with Gasteiger partial charge in [-0.15, -0.1) is 0 Å². The first kappa shape index (κ1) is 13.1. The van der Waals surface area contributed by atoms with Crippen LogP contribution < -0.4 is 11.1 Å². The number of nitrogens with two attached hydrogens (primary N) is 1. The molecule has 5 heteroatoms. The van der Waals surface area contributed by atoms with Crippen molar-refractivity contribution in [2.45, 2.75) is 44.7 Å². The van der Waals surface area contributed by atoms with Crippen LogP contribution in [0.25, 0.3) is 0 Å². The first-order valence-electron chi connectivity index (χ1n) is 6.70. The van der Waals surface area contributed by atoms with Crippen LogP contribution in [-0.2, 0) is 4.79 Å². The molecule has 5 nitrogen and oxygen atoms in total. The molecule has 0 aromatic carbocycles. The van der Waals surface area contributed by atoms with Gasteiger partial charge in [-0.1, -0.05) is 6.92 Å². The number of amides is 1. The molecule has 1 aliphatic rings. The second kappa shape index (κ2) is 6.00. The predicted octanol–water partition coefficient (Wildman–Crippen LogP) is 1.08. The first-order chi connectivity index (χ1) is 8.72. The van der Waals surface area contributed by atoms with Crippen molar-refractivity contribution in [1.29, 1.82) is 0 Å². The summed E-state index contributed by atoms with van der Waals surface area (Å²) in [5, 5.41) is 3.16. The Hall–Kier alpha value is -1.36. The minimum atomic E-state index is -0.000891. The fourth-order valence-electron chi connectivity index (χ4n) is 2.64. The molecule has 3 unspecified atom stereocenters. The van der Waals surface area contributed by atoms with Crippen LogP contribution in [0.2, 0.25) is 0 Å². The SMILES string of the molecule is CC(CCN)C(=O)NC1CCCC1n1ccnc1. The van der Waals surface area contributed by atoms with Crippen molar-refractivity contribution < 1.29 is 4.79 Å². The van der Waals surface area contributed by atoms with Crippen LogP contribution in [0, 0.1) is 5.92 Å². The van der Waals surface area contributed by atoms with Crippen molar-refractivity contribution in [3.8, 4) is 0 Å². The Kier molecular flexibility index (Phi) is 4.36. The lowest BCUT2D eigenvalue weighted by Gasteiger charge is -2.23. The molecule has 3 N–H and O–H groups in total. The molecule has 0 bridgehead atoms. The molecule has 0 saturated heterocycles. The zero-order chi connectivity index (χ0) is 13.0. The molecular weight excluding hydrogens is 228 g/mol. The van der Waals surface area contributed by atoms with Crippen LogP contribution in [0.3, 0.4) is 0 Å². The summed E-state index contributed by atoms with van der Waals surface area (Å²) in [5.74, 6) is 0.122. The van der Waals surface area contributed by atoms with E-state index in [9.17, 15) is 4.79 Å². The average molecular weight is 250 g/mol. The first-order valence-corrected chi connectivity index (χ1v) is 6.70. The van der Waals surface area contributed by atoms with Gasteiger partial charge in [0.1, 0.15) is 0 Å². The van der Waals surface area contributed by atoms with E-state index >= 15 is 0 Å². The fourth-order valence-corrected chi connectivity index (χ4v) is 2.64. The molecule has 1 aromatic rings. The van der Waals surface area contributed by atoms with Crippen molar-refractivity contribution in [3.63, 3.8) is 0 Å². The maximum atomic E-state index is 12.0. The minimum Gasteiger partial charge on any atom is -0.351 e. The lowest BCUT2D eigenvalue weighted by atomic mass is 10.1. The summed E-state index contributed by atoms with van der Waals surface area (Å²) < 4.78 is 2.10. The van der Waals surface area contributed by atoms with E-state index in [0.717, 1.165) is 25.7 Å². The molecule has 1 amide bonds. The van der Waals surface area contributed by atoms with Crippen LogP contribution in [-0.4, -0.2) is 28.0 Å². The van der Waals surface area contributed by atoms with Crippen LogP contribution >= 0.6 is 0 Å². The quantitative estimate of drug-likeness (QED) is 0.821. The van der Waals surface area contributed by atoms with Crippen molar-refractivity contribution in [2.24, 2.45) is 11.7 Å². The number of rotatable bonds is 5. The topological polar surface area (TPSA) is 72.9 Å². The largest absolute Gasteiger partial charge is 0.351 e. The van der Waals surface area contributed by atoms with Gasteiger partial charge >= 0.3 is 0 Å². The number of nitrogens with zero attached hydrogens (tertiary/aromatic N) is 2. The normalized spacial score (nSPS) is 25.0. The highest BCUT2D eigenvalue weighted by Crippen LogP contribution is 2.30. The van der Waals surface area contributed by atoms with E-state index in [0.29, 0.717) is 12.6 Å². The molecule has 1 heterocycles. The van der Waals surface area contributed by atoms with E-state index in [1.807, 2.05) is 19.4 Å². The second-order valence-corrected chi connectivity index (χ2v) is 5.10. The molecule has 18 heavy (non-hydrogen) atoms. The third kappa shape index (κ3) is 2.90. The van der Waals surface area contributed by atoms with Gasteiger partial charge in [-0.05, 0) is 32.2 Å². The van der Waals surface area contributed by atoms with Gasteiger partial charge in [-0.2, -0.15) is 0 Å². The molecule has 3 atom stereocenters. The molecule has 1 aromatic heterocycles. The van der Waals surface area contributed by atoms with Gasteiger partial charge in [0.05, 0.1) is 12.4 Å². The fraction of sp³-hybridized carbons (Fsp3) is 0.692. The Morgan fingerprint density at radius 2 is 2.44 bits per heavy atom.